The Bertz CT molecular complexity index is 705. The molecule has 126 valence electrons. The van der Waals surface area contributed by atoms with Crippen molar-refractivity contribution >= 4 is 17.5 Å². The number of aliphatic hydroxyl groups excluding tert-OH is 1. The number of hydrogen-bond donors (Lipinski definition) is 2. The molecule has 1 aliphatic rings. The zero-order chi connectivity index (χ0) is 16.9. The number of aryl methyl sites for hydroxylation is 1. The van der Waals surface area contributed by atoms with Gasteiger partial charge in [-0.2, -0.15) is 0 Å². The lowest BCUT2D eigenvalue weighted by Gasteiger charge is -2.31. The van der Waals surface area contributed by atoms with Crippen molar-refractivity contribution in [1.29, 1.82) is 0 Å². The Morgan fingerprint density at radius 3 is 2.79 bits per heavy atom. The summed E-state index contributed by atoms with van der Waals surface area (Å²) in [7, 11) is 0. The number of fused-ring (bicyclic) bond motifs is 1. The van der Waals surface area contributed by atoms with Crippen LogP contribution in [0.1, 0.15) is 29.2 Å². The molecule has 0 fully saturated rings. The smallest absolute Gasteiger partial charge is 0.235 e. The first-order valence-corrected chi connectivity index (χ1v) is 8.54. The Balaban J connectivity index is 1.71. The summed E-state index contributed by atoms with van der Waals surface area (Å²) < 4.78 is 5.82. The highest BCUT2D eigenvalue weighted by Crippen LogP contribution is 2.33. The fourth-order valence-electron chi connectivity index (χ4n) is 2.99. The molecule has 1 amide bonds. The highest BCUT2D eigenvalue weighted by atomic mass is 35.5. The van der Waals surface area contributed by atoms with Crippen molar-refractivity contribution in [3.05, 3.63) is 65.2 Å². The van der Waals surface area contributed by atoms with E-state index in [9.17, 15) is 9.90 Å². The molecule has 2 atom stereocenters. The maximum absolute atomic E-state index is 11.5. The highest BCUT2D eigenvalue weighted by molar-refractivity contribution is 6.27. The lowest BCUT2D eigenvalue weighted by molar-refractivity contribution is -0.120. The number of amides is 1. The predicted octanol–water partition coefficient (Wildman–Crippen LogP) is 2.97. The molecule has 0 saturated heterocycles. The van der Waals surface area contributed by atoms with Gasteiger partial charge in [0, 0.05) is 0 Å². The Kier molecular flexibility index (Phi) is 5.38. The second-order valence-electron chi connectivity index (χ2n) is 5.93. The molecule has 2 N–H and O–H groups in total. The minimum absolute atomic E-state index is 0.101. The minimum atomic E-state index is -0.749. The summed E-state index contributed by atoms with van der Waals surface area (Å²) in [5.41, 5.74) is 2.99. The number of benzene rings is 2. The molecule has 1 aliphatic carbocycles. The molecule has 0 heterocycles. The third-order valence-corrected chi connectivity index (χ3v) is 4.50. The number of aliphatic hydroxyl groups is 1. The summed E-state index contributed by atoms with van der Waals surface area (Å²) in [5, 5.41) is 13.3. The molecular formula is C19H20ClNO3. The molecule has 0 saturated carbocycles. The van der Waals surface area contributed by atoms with Crippen LogP contribution in [-0.4, -0.2) is 22.9 Å². The molecule has 0 aromatic heterocycles. The standard InChI is InChI=1S/C19H20ClNO3/c20-11-18(22)21-17-9-7-14-6-8-15(10-16(14)19(17)23)24-12-13-4-2-1-3-5-13/h1-6,8,10,17,19,23H,7,9,11-12H2,(H,21,22)/t17-,19-/m1/s1. The fourth-order valence-corrected chi connectivity index (χ4v) is 3.07. The van der Waals surface area contributed by atoms with Crippen molar-refractivity contribution < 1.29 is 14.6 Å². The molecule has 0 bridgehead atoms. The lowest BCUT2D eigenvalue weighted by atomic mass is 9.85. The topological polar surface area (TPSA) is 58.6 Å². The van der Waals surface area contributed by atoms with E-state index in [1.54, 1.807) is 0 Å². The molecule has 0 unspecified atom stereocenters. The van der Waals surface area contributed by atoms with E-state index in [-0.39, 0.29) is 17.8 Å². The van der Waals surface area contributed by atoms with E-state index in [4.69, 9.17) is 16.3 Å². The third kappa shape index (κ3) is 3.89. The van der Waals surface area contributed by atoms with E-state index < -0.39 is 6.10 Å². The van der Waals surface area contributed by atoms with E-state index in [1.807, 2.05) is 48.5 Å². The first-order valence-electron chi connectivity index (χ1n) is 8.00. The van der Waals surface area contributed by atoms with Gasteiger partial charge in [-0.15, -0.1) is 11.6 Å². The fraction of sp³-hybridized carbons (Fsp3) is 0.316. The van der Waals surface area contributed by atoms with Crippen molar-refractivity contribution in [3.8, 4) is 5.75 Å². The summed E-state index contributed by atoms with van der Waals surface area (Å²) in [5.74, 6) is 0.345. The normalized spacial score (nSPS) is 19.4. The van der Waals surface area contributed by atoms with Gasteiger partial charge in [-0.25, -0.2) is 0 Å². The van der Waals surface area contributed by atoms with Gasteiger partial charge in [0.25, 0.3) is 0 Å². The van der Waals surface area contributed by atoms with Crippen LogP contribution in [0, 0.1) is 0 Å². The molecule has 24 heavy (non-hydrogen) atoms. The summed E-state index contributed by atoms with van der Waals surface area (Å²) in [6.07, 6.45) is 0.751. The largest absolute Gasteiger partial charge is 0.489 e. The molecule has 2 aromatic carbocycles. The molecule has 3 rings (SSSR count). The van der Waals surface area contributed by atoms with Crippen molar-refractivity contribution in [3.63, 3.8) is 0 Å². The zero-order valence-corrected chi connectivity index (χ0v) is 14.0. The van der Waals surface area contributed by atoms with Crippen molar-refractivity contribution in [2.75, 3.05) is 5.88 Å². The average Bonchev–Trinajstić information content (AvgIpc) is 2.63. The van der Waals surface area contributed by atoms with Crippen molar-refractivity contribution in [2.45, 2.75) is 31.6 Å². The van der Waals surface area contributed by atoms with Crippen LogP contribution in [0.15, 0.2) is 48.5 Å². The Hall–Kier alpha value is -2.04. The molecule has 2 aromatic rings. The van der Waals surface area contributed by atoms with Gasteiger partial charge in [0.1, 0.15) is 18.2 Å². The number of carbonyl (C=O) groups is 1. The molecule has 4 nitrogen and oxygen atoms in total. The van der Waals surface area contributed by atoms with Crippen molar-refractivity contribution in [2.24, 2.45) is 0 Å². The van der Waals surface area contributed by atoms with E-state index in [2.05, 4.69) is 5.32 Å². The first kappa shape index (κ1) is 16.8. The lowest BCUT2D eigenvalue weighted by Crippen LogP contribution is -2.42. The van der Waals surface area contributed by atoms with E-state index >= 15 is 0 Å². The predicted molar refractivity (Wildman–Crippen MR) is 93.1 cm³/mol. The monoisotopic (exact) mass is 345 g/mol. The summed E-state index contributed by atoms with van der Waals surface area (Å²) in [6.45, 7) is 0.474. The molecule has 0 aliphatic heterocycles. The second kappa shape index (κ2) is 7.69. The third-order valence-electron chi connectivity index (χ3n) is 4.26. The molecule has 5 heteroatoms. The van der Waals surface area contributed by atoms with Gasteiger partial charge in [-0.3, -0.25) is 4.79 Å². The Labute approximate surface area is 146 Å². The Morgan fingerprint density at radius 2 is 2.04 bits per heavy atom. The average molecular weight is 346 g/mol. The maximum Gasteiger partial charge on any atom is 0.235 e. The van der Waals surface area contributed by atoms with Crippen LogP contribution >= 0.6 is 11.6 Å². The van der Waals surface area contributed by atoms with Crippen LogP contribution in [0.4, 0.5) is 0 Å². The van der Waals surface area contributed by atoms with Crippen LogP contribution < -0.4 is 10.1 Å². The minimum Gasteiger partial charge on any atom is -0.489 e. The number of hydrogen-bond acceptors (Lipinski definition) is 3. The van der Waals surface area contributed by atoms with Gasteiger partial charge in [0.05, 0.1) is 12.1 Å². The first-order chi connectivity index (χ1) is 11.7. The van der Waals surface area contributed by atoms with Crippen LogP contribution in [0.2, 0.25) is 0 Å². The highest BCUT2D eigenvalue weighted by Gasteiger charge is 2.29. The van der Waals surface area contributed by atoms with Crippen LogP contribution in [-0.2, 0) is 17.8 Å². The Morgan fingerprint density at radius 1 is 1.25 bits per heavy atom. The SMILES string of the molecule is O=C(CCl)N[C@@H]1CCc2ccc(OCc3ccccc3)cc2[C@H]1O. The number of alkyl halides is 1. The van der Waals surface area contributed by atoms with E-state index in [0.29, 0.717) is 18.8 Å². The van der Waals surface area contributed by atoms with Gasteiger partial charge in [0.15, 0.2) is 0 Å². The number of carbonyl (C=O) groups excluding carboxylic acids is 1. The number of ether oxygens (including phenoxy) is 1. The van der Waals surface area contributed by atoms with Gasteiger partial charge < -0.3 is 15.2 Å². The number of nitrogens with one attached hydrogen (secondary N) is 1. The number of rotatable bonds is 5. The van der Waals surface area contributed by atoms with Crippen LogP contribution in [0.25, 0.3) is 0 Å². The molecule has 0 spiro atoms. The van der Waals surface area contributed by atoms with E-state index in [0.717, 1.165) is 23.1 Å². The van der Waals surface area contributed by atoms with Gasteiger partial charge >= 0.3 is 0 Å². The van der Waals surface area contributed by atoms with Gasteiger partial charge in [-0.05, 0) is 41.7 Å². The zero-order valence-electron chi connectivity index (χ0n) is 13.2. The molecular weight excluding hydrogens is 326 g/mol. The summed E-state index contributed by atoms with van der Waals surface area (Å²) in [4.78, 5) is 11.5. The summed E-state index contributed by atoms with van der Waals surface area (Å²) in [6, 6.07) is 15.4. The van der Waals surface area contributed by atoms with Gasteiger partial charge in [-0.1, -0.05) is 36.4 Å². The number of halogens is 1. The van der Waals surface area contributed by atoms with Crippen LogP contribution in [0.3, 0.4) is 0 Å². The second-order valence-corrected chi connectivity index (χ2v) is 6.19. The van der Waals surface area contributed by atoms with E-state index in [1.165, 1.54) is 0 Å². The van der Waals surface area contributed by atoms with Crippen molar-refractivity contribution in [1.82, 2.24) is 5.32 Å². The van der Waals surface area contributed by atoms with Crippen LogP contribution in [0.5, 0.6) is 5.75 Å². The molecule has 0 radical (unpaired) electrons. The maximum atomic E-state index is 11.5. The quantitative estimate of drug-likeness (QED) is 0.819. The summed E-state index contributed by atoms with van der Waals surface area (Å²) >= 11 is 5.53. The van der Waals surface area contributed by atoms with Gasteiger partial charge in [0.2, 0.25) is 5.91 Å².